The van der Waals surface area contributed by atoms with Crippen molar-refractivity contribution in [2.75, 3.05) is 14.1 Å². The van der Waals surface area contributed by atoms with Gasteiger partial charge < -0.3 is 4.90 Å². The summed E-state index contributed by atoms with van der Waals surface area (Å²) in [5, 5.41) is 0. The lowest BCUT2D eigenvalue weighted by molar-refractivity contribution is -0.123. The first-order chi connectivity index (χ1) is 14.1. The molecule has 0 heterocycles. The van der Waals surface area contributed by atoms with Crippen LogP contribution in [0.15, 0.2) is 91.0 Å². The third-order valence-corrected chi connectivity index (χ3v) is 5.92. The zero-order valence-corrected chi connectivity index (χ0v) is 17.7. The van der Waals surface area contributed by atoms with E-state index in [9.17, 15) is 4.79 Å². The van der Waals surface area contributed by atoms with Crippen molar-refractivity contribution in [1.82, 2.24) is 4.90 Å². The molecule has 1 atom stereocenters. The van der Waals surface area contributed by atoms with Crippen LogP contribution in [0, 0.1) is 0 Å². The Hall–Kier alpha value is -2.71. The van der Waals surface area contributed by atoms with E-state index in [1.807, 2.05) is 49.4 Å². The van der Waals surface area contributed by atoms with E-state index >= 15 is 0 Å². The van der Waals surface area contributed by atoms with Crippen molar-refractivity contribution in [2.45, 2.75) is 37.6 Å². The van der Waals surface area contributed by atoms with E-state index in [1.165, 1.54) is 5.56 Å². The zero-order valence-electron chi connectivity index (χ0n) is 17.7. The van der Waals surface area contributed by atoms with Crippen molar-refractivity contribution >= 4 is 5.78 Å². The molecule has 0 saturated heterocycles. The van der Waals surface area contributed by atoms with Crippen molar-refractivity contribution < 1.29 is 4.79 Å². The molecule has 0 N–H and O–H groups in total. The highest BCUT2D eigenvalue weighted by atomic mass is 16.1. The molecule has 0 unspecified atom stereocenters. The number of carbonyl (C=O) groups is 1. The predicted octanol–water partition coefficient (Wildman–Crippen LogP) is 5.51. The average molecular weight is 386 g/mol. The number of nitrogens with zero attached hydrogens (tertiary/aromatic N) is 1. The average Bonchev–Trinajstić information content (AvgIpc) is 2.78. The summed E-state index contributed by atoms with van der Waals surface area (Å²) in [6.45, 7) is 1.98. The Morgan fingerprint density at radius 2 is 1.24 bits per heavy atom. The number of ketones is 1. The number of Topliss-reactive ketones (excluding diaryl/α,β-unsaturated/α-hetero) is 1. The molecule has 2 heteroatoms. The highest BCUT2D eigenvalue weighted by molar-refractivity contribution is 5.93. The van der Waals surface area contributed by atoms with Gasteiger partial charge >= 0.3 is 0 Å². The monoisotopic (exact) mass is 385 g/mol. The molecular formula is C27H31NO. The van der Waals surface area contributed by atoms with Crippen LogP contribution < -0.4 is 0 Å². The van der Waals surface area contributed by atoms with Gasteiger partial charge in [-0.15, -0.1) is 0 Å². The van der Waals surface area contributed by atoms with E-state index in [4.69, 9.17) is 0 Å². The number of hydrogen-bond acceptors (Lipinski definition) is 2. The van der Waals surface area contributed by atoms with E-state index in [0.29, 0.717) is 6.42 Å². The summed E-state index contributed by atoms with van der Waals surface area (Å²) < 4.78 is 0. The summed E-state index contributed by atoms with van der Waals surface area (Å²) in [5.74, 6) is 0.273. The first-order valence-corrected chi connectivity index (χ1v) is 10.4. The van der Waals surface area contributed by atoms with E-state index in [2.05, 4.69) is 67.5 Å². The van der Waals surface area contributed by atoms with Crippen LogP contribution in [0.5, 0.6) is 0 Å². The first-order valence-electron chi connectivity index (χ1n) is 10.4. The minimum atomic E-state index is -0.652. The van der Waals surface area contributed by atoms with Gasteiger partial charge in [0.15, 0.2) is 0 Å². The summed E-state index contributed by atoms with van der Waals surface area (Å²) in [6, 6.07) is 31.4. The van der Waals surface area contributed by atoms with Gasteiger partial charge in [-0.1, -0.05) is 97.9 Å². The smallest absolute Gasteiger partial charge is 0.147 e. The molecule has 0 aromatic heterocycles. The summed E-state index contributed by atoms with van der Waals surface area (Å²) in [6.07, 6.45) is 2.16. The molecule has 0 bridgehead atoms. The number of hydrogen-bond donors (Lipinski definition) is 0. The van der Waals surface area contributed by atoms with Gasteiger partial charge in [0.1, 0.15) is 5.78 Å². The third kappa shape index (κ3) is 4.65. The fourth-order valence-electron chi connectivity index (χ4n) is 4.26. The molecule has 0 spiro atoms. The van der Waals surface area contributed by atoms with Gasteiger partial charge in [0.05, 0.1) is 5.41 Å². The Bertz CT molecular complexity index is 848. The van der Waals surface area contributed by atoms with Crippen molar-refractivity contribution in [3.63, 3.8) is 0 Å². The lowest BCUT2D eigenvalue weighted by Gasteiger charge is -2.39. The highest BCUT2D eigenvalue weighted by Crippen LogP contribution is 2.40. The summed E-state index contributed by atoms with van der Waals surface area (Å²) in [7, 11) is 4.23. The van der Waals surface area contributed by atoms with Crippen molar-refractivity contribution in [1.29, 1.82) is 0 Å². The fraction of sp³-hybridized carbons (Fsp3) is 0.296. The SMILES string of the molecule is CCC(=O)C(C[C@H](Cc1ccccc1)N(C)C)(c1ccccc1)c1ccccc1. The Balaban J connectivity index is 2.12. The van der Waals surface area contributed by atoms with Crippen LogP contribution in [0.25, 0.3) is 0 Å². The second kappa shape index (κ2) is 9.67. The number of carbonyl (C=O) groups excluding carboxylic acids is 1. The molecule has 0 fully saturated rings. The van der Waals surface area contributed by atoms with E-state index in [1.54, 1.807) is 0 Å². The lowest BCUT2D eigenvalue weighted by atomic mass is 9.66. The number of benzene rings is 3. The minimum Gasteiger partial charge on any atom is -0.306 e. The third-order valence-electron chi connectivity index (χ3n) is 5.92. The maximum absolute atomic E-state index is 13.6. The summed E-state index contributed by atoms with van der Waals surface area (Å²) in [5.41, 5.74) is 2.81. The molecule has 0 aliphatic heterocycles. The molecule has 0 aliphatic rings. The topological polar surface area (TPSA) is 20.3 Å². The van der Waals surface area contributed by atoms with Gasteiger partial charge in [0.2, 0.25) is 0 Å². The molecule has 0 saturated carbocycles. The van der Waals surface area contributed by atoms with E-state index in [-0.39, 0.29) is 11.8 Å². The van der Waals surface area contributed by atoms with E-state index < -0.39 is 5.41 Å². The molecule has 2 nitrogen and oxygen atoms in total. The summed E-state index contributed by atoms with van der Waals surface area (Å²) in [4.78, 5) is 15.9. The molecule has 29 heavy (non-hydrogen) atoms. The van der Waals surface area contributed by atoms with Gasteiger partial charge in [0, 0.05) is 12.5 Å². The zero-order chi connectivity index (χ0) is 20.7. The standard InChI is InChI=1S/C27H31NO/c1-4-26(29)27(23-16-10-6-11-17-23,24-18-12-7-13-19-24)21-25(28(2)3)20-22-14-8-5-9-15-22/h5-19,25H,4,20-21H2,1-3H3/t25-/m0/s1. The molecule has 3 rings (SSSR count). The van der Waals surface area contributed by atoms with Gasteiger partial charge in [-0.05, 0) is 43.6 Å². The van der Waals surface area contributed by atoms with Crippen molar-refractivity contribution in [2.24, 2.45) is 0 Å². The van der Waals surface area contributed by atoms with Crippen LogP contribution in [0.3, 0.4) is 0 Å². The quantitative estimate of drug-likeness (QED) is 0.484. The molecular weight excluding hydrogens is 354 g/mol. The Morgan fingerprint density at radius 1 is 0.793 bits per heavy atom. The van der Waals surface area contributed by atoms with Crippen LogP contribution in [0.1, 0.15) is 36.5 Å². The highest BCUT2D eigenvalue weighted by Gasteiger charge is 2.42. The largest absolute Gasteiger partial charge is 0.306 e. The van der Waals surface area contributed by atoms with Gasteiger partial charge in [-0.2, -0.15) is 0 Å². The normalized spacial score (nSPS) is 12.7. The summed E-state index contributed by atoms with van der Waals surface area (Å²) >= 11 is 0. The Morgan fingerprint density at radius 3 is 1.66 bits per heavy atom. The molecule has 3 aromatic carbocycles. The van der Waals surface area contributed by atoms with Crippen LogP contribution in [-0.2, 0) is 16.6 Å². The van der Waals surface area contributed by atoms with Gasteiger partial charge in [0.25, 0.3) is 0 Å². The number of likely N-dealkylation sites (N-methyl/N-ethyl adjacent to an activating group) is 1. The van der Waals surface area contributed by atoms with Crippen LogP contribution in [0.2, 0.25) is 0 Å². The van der Waals surface area contributed by atoms with Crippen molar-refractivity contribution in [3.05, 3.63) is 108 Å². The van der Waals surface area contributed by atoms with Gasteiger partial charge in [-0.25, -0.2) is 0 Å². The van der Waals surface area contributed by atoms with Crippen LogP contribution >= 0.6 is 0 Å². The van der Waals surface area contributed by atoms with Gasteiger partial charge in [-0.3, -0.25) is 4.79 Å². The lowest BCUT2D eigenvalue weighted by Crippen LogP contribution is -2.44. The maximum Gasteiger partial charge on any atom is 0.147 e. The van der Waals surface area contributed by atoms with Crippen LogP contribution in [-0.4, -0.2) is 30.8 Å². The molecule has 0 radical (unpaired) electrons. The predicted molar refractivity (Wildman–Crippen MR) is 121 cm³/mol. The second-order valence-electron chi connectivity index (χ2n) is 7.93. The number of rotatable bonds is 9. The minimum absolute atomic E-state index is 0.230. The molecule has 3 aromatic rings. The molecule has 0 aliphatic carbocycles. The Labute approximate surface area is 175 Å². The second-order valence-corrected chi connectivity index (χ2v) is 7.93. The molecule has 0 amide bonds. The van der Waals surface area contributed by atoms with Crippen LogP contribution in [0.4, 0.5) is 0 Å². The Kier molecular flexibility index (Phi) is 7.00. The fourth-order valence-corrected chi connectivity index (χ4v) is 4.26. The van der Waals surface area contributed by atoms with E-state index in [0.717, 1.165) is 24.0 Å². The molecule has 150 valence electrons. The first kappa shape index (κ1) is 21.0. The maximum atomic E-state index is 13.6. The van der Waals surface area contributed by atoms with Crippen molar-refractivity contribution in [3.8, 4) is 0 Å².